The molecule has 25 heavy (non-hydrogen) atoms. The van der Waals surface area contributed by atoms with E-state index in [0.717, 1.165) is 11.1 Å². The van der Waals surface area contributed by atoms with Crippen LogP contribution in [0.2, 0.25) is 5.02 Å². The number of aliphatic imine (C=N–C) groups is 1. The molecule has 0 aliphatic carbocycles. The molecule has 0 saturated heterocycles. The van der Waals surface area contributed by atoms with E-state index in [2.05, 4.69) is 31.0 Å². The second-order valence-corrected chi connectivity index (χ2v) is 6.51. The largest absolute Gasteiger partial charge is 0.403 e. The van der Waals surface area contributed by atoms with Crippen LogP contribution in [0.1, 0.15) is 36.5 Å². The van der Waals surface area contributed by atoms with Crippen LogP contribution in [0.4, 0.5) is 0 Å². The minimum Gasteiger partial charge on any atom is -0.403 e. The molecular formula is C21H18ClNO2. The number of hydrogen-bond donors (Lipinski definition) is 0. The van der Waals surface area contributed by atoms with Crippen molar-refractivity contribution in [3.8, 4) is 0 Å². The van der Waals surface area contributed by atoms with Gasteiger partial charge in [0.2, 0.25) is 5.90 Å². The van der Waals surface area contributed by atoms with Crippen molar-refractivity contribution in [2.75, 3.05) is 0 Å². The Morgan fingerprint density at radius 2 is 1.60 bits per heavy atom. The van der Waals surface area contributed by atoms with Crippen molar-refractivity contribution in [3.63, 3.8) is 0 Å². The lowest BCUT2D eigenvalue weighted by atomic mass is 10.0. The summed E-state index contributed by atoms with van der Waals surface area (Å²) in [5.74, 6) is 0.314. The summed E-state index contributed by atoms with van der Waals surface area (Å²) in [4.78, 5) is 16.2. The lowest BCUT2D eigenvalue weighted by molar-refractivity contribution is -0.129. The van der Waals surface area contributed by atoms with E-state index in [1.165, 1.54) is 5.56 Å². The molecule has 0 N–H and O–H groups in total. The average Bonchev–Trinajstić information content (AvgIpc) is 2.94. The summed E-state index contributed by atoms with van der Waals surface area (Å²) in [5.41, 5.74) is 3.42. The van der Waals surface area contributed by atoms with Gasteiger partial charge < -0.3 is 4.74 Å². The van der Waals surface area contributed by atoms with Crippen molar-refractivity contribution in [1.29, 1.82) is 0 Å². The number of cyclic esters (lactones) is 1. The zero-order valence-electron chi connectivity index (χ0n) is 14.1. The molecule has 1 heterocycles. The molecule has 0 atom stereocenters. The van der Waals surface area contributed by atoms with Crippen LogP contribution in [0.15, 0.2) is 65.3 Å². The summed E-state index contributed by atoms with van der Waals surface area (Å²) >= 11 is 5.86. The number of halogens is 1. The van der Waals surface area contributed by atoms with E-state index in [1.807, 2.05) is 30.3 Å². The Morgan fingerprint density at radius 1 is 0.960 bits per heavy atom. The number of hydrogen-bond acceptors (Lipinski definition) is 3. The molecule has 1 aliphatic rings. The monoisotopic (exact) mass is 351 g/mol. The number of nitrogens with zero attached hydrogens (tertiary/aromatic N) is 1. The SMILES string of the molecule is CC(C)c1ccc(/C=C2N=C(/C=C/c3ccc(Cl)cc3)OC/2=O)cc1. The second kappa shape index (κ2) is 7.49. The maximum atomic E-state index is 12.0. The highest BCUT2D eigenvalue weighted by atomic mass is 35.5. The molecule has 3 nitrogen and oxygen atoms in total. The van der Waals surface area contributed by atoms with Gasteiger partial charge in [-0.2, -0.15) is 0 Å². The highest BCUT2D eigenvalue weighted by molar-refractivity contribution is 6.30. The molecule has 1 aliphatic heterocycles. The quantitative estimate of drug-likeness (QED) is 0.541. The number of carbonyl (C=O) groups is 1. The molecule has 3 rings (SSSR count). The fourth-order valence-corrected chi connectivity index (χ4v) is 2.50. The Balaban J connectivity index is 1.76. The number of carbonyl (C=O) groups excluding carboxylic acids is 1. The molecule has 2 aromatic carbocycles. The van der Waals surface area contributed by atoms with E-state index >= 15 is 0 Å². The van der Waals surface area contributed by atoms with E-state index < -0.39 is 5.97 Å². The van der Waals surface area contributed by atoms with Gasteiger partial charge in [0.05, 0.1) is 0 Å². The minimum atomic E-state index is -0.441. The fraction of sp³-hybridized carbons (Fsp3) is 0.143. The zero-order chi connectivity index (χ0) is 17.8. The fourth-order valence-electron chi connectivity index (χ4n) is 2.37. The molecule has 2 aromatic rings. The van der Waals surface area contributed by atoms with Crippen LogP contribution in [0, 0.1) is 0 Å². The number of esters is 1. The molecule has 126 valence electrons. The van der Waals surface area contributed by atoms with Gasteiger partial charge in [0.1, 0.15) is 0 Å². The first-order valence-electron chi connectivity index (χ1n) is 8.07. The van der Waals surface area contributed by atoms with Crippen LogP contribution in [0.25, 0.3) is 12.2 Å². The topological polar surface area (TPSA) is 38.7 Å². The zero-order valence-corrected chi connectivity index (χ0v) is 14.8. The van der Waals surface area contributed by atoms with E-state index in [-0.39, 0.29) is 5.90 Å². The summed E-state index contributed by atoms with van der Waals surface area (Å²) in [7, 11) is 0. The van der Waals surface area contributed by atoms with E-state index in [1.54, 1.807) is 24.3 Å². The van der Waals surface area contributed by atoms with E-state index in [0.29, 0.717) is 16.6 Å². The number of rotatable bonds is 4. The molecule has 4 heteroatoms. The summed E-state index contributed by atoms with van der Waals surface area (Å²) in [6.07, 6.45) is 5.22. The molecular weight excluding hydrogens is 334 g/mol. The van der Waals surface area contributed by atoms with Gasteiger partial charge >= 0.3 is 5.97 Å². The van der Waals surface area contributed by atoms with Crippen molar-refractivity contribution in [1.82, 2.24) is 0 Å². The first-order valence-corrected chi connectivity index (χ1v) is 8.45. The van der Waals surface area contributed by atoms with Crippen molar-refractivity contribution < 1.29 is 9.53 Å². The maximum absolute atomic E-state index is 12.0. The molecule has 0 spiro atoms. The Morgan fingerprint density at radius 3 is 2.24 bits per heavy atom. The second-order valence-electron chi connectivity index (χ2n) is 6.08. The normalized spacial score (nSPS) is 15.9. The van der Waals surface area contributed by atoms with Gasteiger partial charge in [0, 0.05) is 11.1 Å². The Hall–Kier alpha value is -2.65. The third-order valence-electron chi connectivity index (χ3n) is 3.83. The molecule has 0 amide bonds. The van der Waals surface area contributed by atoms with Gasteiger partial charge in [0.25, 0.3) is 0 Å². The average molecular weight is 352 g/mol. The standard InChI is InChI=1S/C21H18ClNO2/c1-14(2)17-8-3-16(4-9-17)13-19-21(24)25-20(23-19)12-7-15-5-10-18(22)11-6-15/h3-14H,1-2H3/b12-7+,19-13+. The third-order valence-corrected chi connectivity index (χ3v) is 4.08. The van der Waals surface area contributed by atoms with Crippen molar-refractivity contribution >= 4 is 35.6 Å². The van der Waals surface area contributed by atoms with Crippen molar-refractivity contribution in [2.45, 2.75) is 19.8 Å². The maximum Gasteiger partial charge on any atom is 0.363 e. The van der Waals surface area contributed by atoms with E-state index in [9.17, 15) is 4.79 Å². The summed E-state index contributed by atoms with van der Waals surface area (Å²) < 4.78 is 5.18. The molecule has 0 saturated carbocycles. The van der Waals surface area contributed by atoms with Crippen LogP contribution in [0.3, 0.4) is 0 Å². The molecule has 0 radical (unpaired) electrons. The first kappa shape index (κ1) is 17.2. The predicted molar refractivity (Wildman–Crippen MR) is 103 cm³/mol. The lowest BCUT2D eigenvalue weighted by Crippen LogP contribution is -2.01. The number of ether oxygens (including phenoxy) is 1. The lowest BCUT2D eigenvalue weighted by Gasteiger charge is -2.04. The van der Waals surface area contributed by atoms with Crippen LogP contribution in [-0.4, -0.2) is 11.9 Å². The van der Waals surface area contributed by atoms with Gasteiger partial charge in [-0.15, -0.1) is 0 Å². The predicted octanol–water partition coefficient (Wildman–Crippen LogP) is 5.47. The van der Waals surface area contributed by atoms with E-state index in [4.69, 9.17) is 16.3 Å². The first-order chi connectivity index (χ1) is 12.0. The minimum absolute atomic E-state index is 0.282. The Bertz CT molecular complexity index is 860. The summed E-state index contributed by atoms with van der Waals surface area (Å²) in [6, 6.07) is 15.4. The van der Waals surface area contributed by atoms with Crippen LogP contribution in [0.5, 0.6) is 0 Å². The van der Waals surface area contributed by atoms with Gasteiger partial charge in [-0.25, -0.2) is 9.79 Å². The molecule has 0 unspecified atom stereocenters. The highest BCUT2D eigenvalue weighted by Crippen LogP contribution is 2.19. The molecule has 0 bridgehead atoms. The van der Waals surface area contributed by atoms with Gasteiger partial charge in [-0.1, -0.05) is 61.8 Å². The van der Waals surface area contributed by atoms with Crippen LogP contribution < -0.4 is 0 Å². The van der Waals surface area contributed by atoms with Crippen LogP contribution in [-0.2, 0) is 9.53 Å². The van der Waals surface area contributed by atoms with Crippen molar-refractivity contribution in [3.05, 3.63) is 82.0 Å². The molecule has 0 fully saturated rings. The van der Waals surface area contributed by atoms with Gasteiger partial charge in [-0.3, -0.25) is 0 Å². The molecule has 0 aromatic heterocycles. The Kier molecular flexibility index (Phi) is 5.15. The Labute approximate surface area is 152 Å². The van der Waals surface area contributed by atoms with Gasteiger partial charge in [0.15, 0.2) is 5.70 Å². The third kappa shape index (κ3) is 4.46. The summed E-state index contributed by atoms with van der Waals surface area (Å²) in [5, 5.41) is 0.676. The highest BCUT2D eigenvalue weighted by Gasteiger charge is 2.21. The smallest absolute Gasteiger partial charge is 0.363 e. The van der Waals surface area contributed by atoms with Gasteiger partial charge in [-0.05, 0) is 46.9 Å². The summed E-state index contributed by atoms with van der Waals surface area (Å²) in [6.45, 7) is 4.29. The number of benzene rings is 2. The van der Waals surface area contributed by atoms with Crippen molar-refractivity contribution in [2.24, 2.45) is 4.99 Å². The van der Waals surface area contributed by atoms with Crippen LogP contribution >= 0.6 is 11.6 Å².